The van der Waals surface area contributed by atoms with Crippen molar-refractivity contribution in [2.45, 2.75) is 74.0 Å². The Labute approximate surface area is 170 Å². The van der Waals surface area contributed by atoms with E-state index in [1.165, 1.54) is 17.3 Å². The smallest absolute Gasteiger partial charge is 0.238 e. The van der Waals surface area contributed by atoms with E-state index in [1.54, 1.807) is 13.2 Å². The highest BCUT2D eigenvalue weighted by Crippen LogP contribution is 2.30. The summed E-state index contributed by atoms with van der Waals surface area (Å²) in [6, 6.07) is -1.02. The van der Waals surface area contributed by atoms with Crippen LogP contribution in [0.15, 0.2) is 11.6 Å². The lowest BCUT2D eigenvalue weighted by molar-refractivity contribution is -0.205. The van der Waals surface area contributed by atoms with Gasteiger partial charge in [-0.05, 0) is 33.1 Å². The molecule has 0 spiro atoms. The number of thioether (sulfide) groups is 1. The summed E-state index contributed by atoms with van der Waals surface area (Å²) in [5.41, 5.74) is 0.516. The number of nitrogens with zero attached hydrogens (tertiary/aromatic N) is 1. The molecule has 2 heterocycles. The maximum absolute atomic E-state index is 12.9. The third kappa shape index (κ3) is 5.18. The van der Waals surface area contributed by atoms with Crippen LogP contribution < -0.4 is 5.32 Å². The van der Waals surface area contributed by atoms with E-state index >= 15 is 0 Å². The van der Waals surface area contributed by atoms with Gasteiger partial charge in [-0.1, -0.05) is 18.6 Å². The molecule has 4 N–H and O–H groups in total. The third-order valence-electron chi connectivity index (χ3n) is 5.23. The molecule has 8 atom stereocenters. The zero-order chi connectivity index (χ0) is 20.3. The third-order valence-corrected chi connectivity index (χ3v) is 6.36. The SMILES string of the molecule is CC/C=C1\C[C@@H](C(=O)NC(C(C)Cl)[C@H]2O[C@H](SC)[C@H](O)[C@@H](O)[C@H]2O)N(C)C1. The van der Waals surface area contributed by atoms with Crippen molar-refractivity contribution < 1.29 is 24.9 Å². The molecule has 2 aliphatic heterocycles. The van der Waals surface area contributed by atoms with Crippen molar-refractivity contribution in [1.29, 1.82) is 0 Å². The number of amides is 1. The number of rotatable bonds is 6. The molecule has 0 radical (unpaired) electrons. The predicted molar refractivity (Wildman–Crippen MR) is 107 cm³/mol. The number of halogens is 1. The van der Waals surface area contributed by atoms with Crippen LogP contribution in [-0.4, -0.2) is 93.3 Å². The van der Waals surface area contributed by atoms with E-state index in [4.69, 9.17) is 16.3 Å². The van der Waals surface area contributed by atoms with Gasteiger partial charge in [-0.25, -0.2) is 0 Å². The standard InChI is InChI=1S/C18H31ClN2O5S/c1-5-6-10-7-11(21(3)8-10)17(25)20-12(9(2)19)16-14(23)13(22)15(24)18(26-16)27-4/h6,9,11-16,18,22-24H,5,7-8H2,1-4H3,(H,20,25)/b10-6+/t9?,11-,12?,13-,14+,15+,16+,18+/m0/s1. The predicted octanol–water partition coefficient (Wildman–Crippen LogP) is 0.310. The number of alkyl halides is 1. The van der Waals surface area contributed by atoms with Crippen molar-refractivity contribution in [2.75, 3.05) is 19.8 Å². The summed E-state index contributed by atoms with van der Waals surface area (Å²) in [7, 11) is 1.90. The first-order valence-electron chi connectivity index (χ1n) is 9.26. The molecule has 0 aromatic heterocycles. The Kier molecular flexibility index (Phi) is 8.42. The molecule has 27 heavy (non-hydrogen) atoms. The van der Waals surface area contributed by atoms with E-state index < -0.39 is 41.3 Å². The first kappa shape index (κ1) is 22.9. The lowest BCUT2D eigenvalue weighted by Gasteiger charge is -2.44. The van der Waals surface area contributed by atoms with Crippen LogP contribution in [0.1, 0.15) is 26.7 Å². The number of carbonyl (C=O) groups excluding carboxylic acids is 1. The summed E-state index contributed by atoms with van der Waals surface area (Å²) in [6.45, 7) is 4.51. The van der Waals surface area contributed by atoms with Gasteiger partial charge in [0.2, 0.25) is 5.91 Å². The number of allylic oxidation sites excluding steroid dienone is 1. The molecule has 0 saturated carbocycles. The quantitative estimate of drug-likeness (QED) is 0.361. The van der Waals surface area contributed by atoms with Crippen LogP contribution in [0.4, 0.5) is 0 Å². The van der Waals surface area contributed by atoms with Crippen LogP contribution in [0.25, 0.3) is 0 Å². The van der Waals surface area contributed by atoms with E-state index in [0.717, 1.165) is 13.0 Å². The zero-order valence-corrected chi connectivity index (χ0v) is 17.8. The molecule has 0 aliphatic carbocycles. The molecule has 0 aromatic carbocycles. The second-order valence-corrected chi connectivity index (χ2v) is 8.92. The fourth-order valence-corrected chi connectivity index (χ4v) is 4.60. The van der Waals surface area contributed by atoms with E-state index in [0.29, 0.717) is 6.42 Å². The summed E-state index contributed by atoms with van der Waals surface area (Å²) >= 11 is 7.53. The average Bonchev–Trinajstić information content (AvgIpc) is 2.99. The second kappa shape index (κ2) is 9.91. The molecular weight excluding hydrogens is 392 g/mol. The van der Waals surface area contributed by atoms with Crippen molar-refractivity contribution in [1.82, 2.24) is 10.2 Å². The molecule has 1 amide bonds. The maximum atomic E-state index is 12.9. The highest BCUT2D eigenvalue weighted by molar-refractivity contribution is 7.99. The molecule has 2 rings (SSSR count). The fourth-order valence-electron chi connectivity index (χ4n) is 3.71. The van der Waals surface area contributed by atoms with Gasteiger partial charge in [0.15, 0.2) is 0 Å². The van der Waals surface area contributed by atoms with Gasteiger partial charge in [-0.2, -0.15) is 0 Å². The van der Waals surface area contributed by atoms with E-state index in [2.05, 4.69) is 18.3 Å². The van der Waals surface area contributed by atoms with Gasteiger partial charge >= 0.3 is 0 Å². The molecule has 0 aromatic rings. The Morgan fingerprint density at radius 1 is 1.41 bits per heavy atom. The van der Waals surface area contributed by atoms with E-state index in [-0.39, 0.29) is 11.9 Å². The molecule has 2 unspecified atom stereocenters. The molecule has 9 heteroatoms. The number of nitrogens with one attached hydrogen (secondary N) is 1. The van der Waals surface area contributed by atoms with Crippen LogP contribution in [0.2, 0.25) is 0 Å². The van der Waals surface area contributed by atoms with E-state index in [9.17, 15) is 20.1 Å². The Balaban J connectivity index is 2.13. The lowest BCUT2D eigenvalue weighted by Crippen LogP contribution is -2.65. The minimum atomic E-state index is -1.37. The average molecular weight is 423 g/mol. The summed E-state index contributed by atoms with van der Waals surface area (Å²) in [5.74, 6) is -0.188. The van der Waals surface area contributed by atoms with Gasteiger partial charge in [0, 0.05) is 6.54 Å². The molecule has 7 nitrogen and oxygen atoms in total. The summed E-state index contributed by atoms with van der Waals surface area (Å²) in [4.78, 5) is 14.9. The molecule has 156 valence electrons. The zero-order valence-electron chi connectivity index (χ0n) is 16.2. The number of hydrogen-bond donors (Lipinski definition) is 4. The van der Waals surface area contributed by atoms with Crippen LogP contribution >= 0.6 is 23.4 Å². The highest BCUT2D eigenvalue weighted by atomic mass is 35.5. The Morgan fingerprint density at radius 3 is 2.63 bits per heavy atom. The van der Waals surface area contributed by atoms with Gasteiger partial charge < -0.3 is 25.4 Å². The van der Waals surface area contributed by atoms with Crippen molar-refractivity contribution in [2.24, 2.45) is 0 Å². The van der Waals surface area contributed by atoms with Gasteiger partial charge in [0.05, 0.1) is 17.5 Å². The normalized spacial score (nSPS) is 38.7. The molecule has 2 fully saturated rings. The summed E-state index contributed by atoms with van der Waals surface area (Å²) in [6.07, 6.45) is 0.601. The molecular formula is C18H31ClN2O5S. The topological polar surface area (TPSA) is 102 Å². The largest absolute Gasteiger partial charge is 0.388 e. The lowest BCUT2D eigenvalue weighted by atomic mass is 9.93. The van der Waals surface area contributed by atoms with Crippen molar-refractivity contribution in [3.05, 3.63) is 11.6 Å². The Morgan fingerprint density at radius 2 is 2.07 bits per heavy atom. The summed E-state index contributed by atoms with van der Waals surface area (Å²) in [5, 5.41) is 33.0. The van der Waals surface area contributed by atoms with Crippen molar-refractivity contribution in [3.63, 3.8) is 0 Å². The van der Waals surface area contributed by atoms with Crippen LogP contribution in [0.5, 0.6) is 0 Å². The van der Waals surface area contributed by atoms with Crippen LogP contribution in [-0.2, 0) is 9.53 Å². The summed E-state index contributed by atoms with van der Waals surface area (Å²) < 4.78 is 5.78. The van der Waals surface area contributed by atoms with Gasteiger partial charge in [0.25, 0.3) is 0 Å². The first-order chi connectivity index (χ1) is 12.7. The second-order valence-electron chi connectivity index (χ2n) is 7.29. The fraction of sp³-hybridized carbons (Fsp3) is 0.833. The Hall–Kier alpha value is -0.350. The highest BCUT2D eigenvalue weighted by Gasteiger charge is 2.48. The van der Waals surface area contributed by atoms with E-state index in [1.807, 2.05) is 11.9 Å². The molecule has 0 bridgehead atoms. The monoisotopic (exact) mass is 422 g/mol. The first-order valence-corrected chi connectivity index (χ1v) is 11.0. The molecule has 2 aliphatic rings. The number of hydrogen-bond acceptors (Lipinski definition) is 7. The van der Waals surface area contributed by atoms with Gasteiger partial charge in [-0.15, -0.1) is 23.4 Å². The number of ether oxygens (including phenoxy) is 1. The van der Waals surface area contributed by atoms with Gasteiger partial charge in [0.1, 0.15) is 29.9 Å². The molecule has 2 saturated heterocycles. The number of aliphatic hydroxyl groups excluding tert-OH is 3. The minimum Gasteiger partial charge on any atom is -0.388 e. The number of aliphatic hydroxyl groups is 3. The maximum Gasteiger partial charge on any atom is 0.238 e. The Bertz CT molecular complexity index is 548. The van der Waals surface area contributed by atoms with Crippen molar-refractivity contribution >= 4 is 29.3 Å². The van der Waals surface area contributed by atoms with Crippen molar-refractivity contribution in [3.8, 4) is 0 Å². The van der Waals surface area contributed by atoms with Gasteiger partial charge in [-0.3, -0.25) is 9.69 Å². The van der Waals surface area contributed by atoms with Crippen LogP contribution in [0.3, 0.4) is 0 Å². The minimum absolute atomic E-state index is 0.188. The number of likely N-dealkylation sites (tertiary alicyclic amines) is 1. The number of carbonyl (C=O) groups is 1. The number of likely N-dealkylation sites (N-methyl/N-ethyl adjacent to an activating group) is 1. The van der Waals surface area contributed by atoms with Crippen LogP contribution in [0, 0.1) is 0 Å².